The highest BCUT2D eigenvalue weighted by atomic mass is 16.2. The minimum atomic E-state index is 0.185. The largest absolute Gasteiger partial charge is 0.341 e. The molecule has 0 radical (unpaired) electrons. The first kappa shape index (κ1) is 14.7. The van der Waals surface area contributed by atoms with E-state index in [1.807, 2.05) is 20.0 Å². The van der Waals surface area contributed by atoms with Crippen molar-refractivity contribution in [3.05, 3.63) is 35.4 Å². The van der Waals surface area contributed by atoms with E-state index in [9.17, 15) is 4.79 Å². The molecular weight excluding hydrogens is 224 g/mol. The molecule has 1 aromatic carbocycles. The summed E-state index contributed by atoms with van der Waals surface area (Å²) in [5.41, 5.74) is 2.41. The van der Waals surface area contributed by atoms with Crippen LogP contribution in [0.3, 0.4) is 0 Å². The number of rotatable bonds is 6. The van der Waals surface area contributed by atoms with Gasteiger partial charge in [-0.25, -0.2) is 0 Å². The van der Waals surface area contributed by atoms with Crippen LogP contribution in [0, 0.1) is 6.92 Å². The van der Waals surface area contributed by atoms with E-state index in [-0.39, 0.29) is 11.9 Å². The first-order chi connectivity index (χ1) is 8.52. The molecule has 0 aliphatic carbocycles. The third kappa shape index (κ3) is 4.88. The number of amides is 1. The fourth-order valence-electron chi connectivity index (χ4n) is 2.01. The number of hydrogen-bond donors (Lipinski definition) is 1. The molecule has 0 aliphatic rings. The van der Waals surface area contributed by atoms with Crippen molar-refractivity contribution >= 4 is 5.91 Å². The fourth-order valence-corrected chi connectivity index (χ4v) is 2.01. The Hall–Kier alpha value is -1.35. The molecule has 1 N–H and O–H groups in total. The molecule has 0 spiro atoms. The second kappa shape index (κ2) is 7.17. The normalized spacial score (nSPS) is 12.2. The van der Waals surface area contributed by atoms with Crippen molar-refractivity contribution < 1.29 is 4.79 Å². The maximum Gasteiger partial charge on any atom is 0.224 e. The molecule has 18 heavy (non-hydrogen) atoms. The Bertz CT molecular complexity index is 390. The van der Waals surface area contributed by atoms with Gasteiger partial charge in [0.05, 0.1) is 0 Å². The highest BCUT2D eigenvalue weighted by Gasteiger charge is 2.12. The first-order valence-corrected chi connectivity index (χ1v) is 6.55. The first-order valence-electron chi connectivity index (χ1n) is 6.55. The number of nitrogens with one attached hydrogen (secondary N) is 1. The molecule has 1 atom stereocenters. The predicted molar refractivity (Wildman–Crippen MR) is 75.4 cm³/mol. The molecule has 1 aromatic rings. The third-order valence-corrected chi connectivity index (χ3v) is 2.96. The average Bonchev–Trinajstić information content (AvgIpc) is 2.29. The van der Waals surface area contributed by atoms with Gasteiger partial charge < -0.3 is 10.2 Å². The van der Waals surface area contributed by atoms with Crippen LogP contribution < -0.4 is 5.32 Å². The van der Waals surface area contributed by atoms with E-state index in [4.69, 9.17) is 0 Å². The lowest BCUT2D eigenvalue weighted by Gasteiger charge is -2.20. The molecule has 0 saturated carbocycles. The number of carbonyl (C=O) groups is 1. The smallest absolute Gasteiger partial charge is 0.224 e. The van der Waals surface area contributed by atoms with E-state index >= 15 is 0 Å². The Kier molecular flexibility index (Phi) is 5.86. The standard InChI is InChI=1S/C15H24N2O/c1-5-16-13(3)10-15(18)17(4)11-14-8-6-7-12(2)9-14/h6-9,13,16H,5,10-11H2,1-4H3. The second-order valence-corrected chi connectivity index (χ2v) is 4.90. The van der Waals surface area contributed by atoms with Gasteiger partial charge in [0.2, 0.25) is 5.91 Å². The van der Waals surface area contributed by atoms with Crippen LogP contribution in [0.4, 0.5) is 0 Å². The van der Waals surface area contributed by atoms with Crippen LogP contribution in [0.15, 0.2) is 24.3 Å². The van der Waals surface area contributed by atoms with Crippen molar-refractivity contribution in [2.24, 2.45) is 0 Å². The van der Waals surface area contributed by atoms with Gasteiger partial charge in [0.15, 0.2) is 0 Å². The van der Waals surface area contributed by atoms with Crippen molar-refractivity contribution in [1.29, 1.82) is 0 Å². The SMILES string of the molecule is CCNC(C)CC(=O)N(C)Cc1cccc(C)c1. The van der Waals surface area contributed by atoms with Crippen LogP contribution in [0.1, 0.15) is 31.4 Å². The van der Waals surface area contributed by atoms with Gasteiger partial charge in [-0.3, -0.25) is 4.79 Å². The van der Waals surface area contributed by atoms with Gasteiger partial charge in [0, 0.05) is 26.1 Å². The van der Waals surface area contributed by atoms with E-state index in [0.29, 0.717) is 13.0 Å². The number of benzene rings is 1. The summed E-state index contributed by atoms with van der Waals surface area (Å²) in [4.78, 5) is 13.8. The lowest BCUT2D eigenvalue weighted by Crippen LogP contribution is -2.34. The van der Waals surface area contributed by atoms with Gasteiger partial charge >= 0.3 is 0 Å². The number of aryl methyl sites for hydroxylation is 1. The van der Waals surface area contributed by atoms with Crippen LogP contribution in [0.5, 0.6) is 0 Å². The minimum absolute atomic E-state index is 0.185. The summed E-state index contributed by atoms with van der Waals surface area (Å²) in [5, 5.41) is 3.26. The Morgan fingerprint density at radius 2 is 2.17 bits per heavy atom. The van der Waals surface area contributed by atoms with Gasteiger partial charge in [-0.15, -0.1) is 0 Å². The Morgan fingerprint density at radius 3 is 2.78 bits per heavy atom. The van der Waals surface area contributed by atoms with Crippen molar-refractivity contribution in [2.45, 2.75) is 39.8 Å². The molecule has 1 unspecified atom stereocenters. The molecule has 1 amide bonds. The summed E-state index contributed by atoms with van der Waals surface area (Å²) >= 11 is 0. The zero-order valence-corrected chi connectivity index (χ0v) is 11.9. The fraction of sp³-hybridized carbons (Fsp3) is 0.533. The topological polar surface area (TPSA) is 32.3 Å². The number of hydrogen-bond acceptors (Lipinski definition) is 2. The summed E-state index contributed by atoms with van der Waals surface area (Å²) in [6.45, 7) is 7.74. The molecule has 100 valence electrons. The average molecular weight is 248 g/mol. The molecule has 3 nitrogen and oxygen atoms in total. The molecule has 0 bridgehead atoms. The predicted octanol–water partition coefficient (Wildman–Crippen LogP) is 2.34. The molecule has 1 rings (SSSR count). The highest BCUT2D eigenvalue weighted by Crippen LogP contribution is 2.08. The van der Waals surface area contributed by atoms with Crippen LogP contribution in [-0.4, -0.2) is 30.4 Å². The van der Waals surface area contributed by atoms with Gasteiger partial charge in [-0.05, 0) is 26.0 Å². The molecule has 0 fully saturated rings. The van der Waals surface area contributed by atoms with Crippen LogP contribution in [0.25, 0.3) is 0 Å². The zero-order chi connectivity index (χ0) is 13.5. The summed E-state index contributed by atoms with van der Waals surface area (Å²) < 4.78 is 0. The molecule has 0 aromatic heterocycles. The Morgan fingerprint density at radius 1 is 1.44 bits per heavy atom. The van der Waals surface area contributed by atoms with Gasteiger partial charge in [-0.2, -0.15) is 0 Å². The van der Waals surface area contributed by atoms with E-state index in [2.05, 4.69) is 37.4 Å². The van der Waals surface area contributed by atoms with Crippen LogP contribution >= 0.6 is 0 Å². The van der Waals surface area contributed by atoms with E-state index in [1.54, 1.807) is 4.90 Å². The Balaban J connectivity index is 2.49. The van der Waals surface area contributed by atoms with E-state index < -0.39 is 0 Å². The van der Waals surface area contributed by atoms with Crippen LogP contribution in [-0.2, 0) is 11.3 Å². The summed E-state index contributed by atoms with van der Waals surface area (Å²) in [6, 6.07) is 8.52. The lowest BCUT2D eigenvalue weighted by atomic mass is 10.1. The van der Waals surface area contributed by atoms with Gasteiger partial charge in [0.1, 0.15) is 0 Å². The monoisotopic (exact) mass is 248 g/mol. The molecule has 3 heteroatoms. The van der Waals surface area contributed by atoms with E-state index in [1.165, 1.54) is 11.1 Å². The number of nitrogens with zero attached hydrogens (tertiary/aromatic N) is 1. The number of carbonyl (C=O) groups excluding carboxylic acids is 1. The Labute approximate surface area is 110 Å². The van der Waals surface area contributed by atoms with Gasteiger partial charge in [-0.1, -0.05) is 36.8 Å². The molecule has 0 aliphatic heterocycles. The summed E-state index contributed by atoms with van der Waals surface area (Å²) in [7, 11) is 1.86. The van der Waals surface area contributed by atoms with Gasteiger partial charge in [0.25, 0.3) is 0 Å². The van der Waals surface area contributed by atoms with Crippen molar-refractivity contribution in [3.63, 3.8) is 0 Å². The molecule has 0 heterocycles. The second-order valence-electron chi connectivity index (χ2n) is 4.90. The highest BCUT2D eigenvalue weighted by molar-refractivity contribution is 5.76. The quantitative estimate of drug-likeness (QED) is 0.838. The third-order valence-electron chi connectivity index (χ3n) is 2.96. The summed E-state index contributed by atoms with van der Waals surface area (Å²) in [6.07, 6.45) is 0.552. The van der Waals surface area contributed by atoms with Crippen molar-refractivity contribution in [2.75, 3.05) is 13.6 Å². The van der Waals surface area contributed by atoms with E-state index in [0.717, 1.165) is 6.54 Å². The molecular formula is C15H24N2O. The maximum atomic E-state index is 12.0. The summed E-state index contributed by atoms with van der Waals surface area (Å²) in [5.74, 6) is 0.185. The zero-order valence-electron chi connectivity index (χ0n) is 11.9. The van der Waals surface area contributed by atoms with Crippen LogP contribution in [0.2, 0.25) is 0 Å². The van der Waals surface area contributed by atoms with Crippen molar-refractivity contribution in [1.82, 2.24) is 10.2 Å². The van der Waals surface area contributed by atoms with Crippen molar-refractivity contribution in [3.8, 4) is 0 Å². The lowest BCUT2D eigenvalue weighted by molar-refractivity contribution is -0.130. The molecule has 0 saturated heterocycles. The maximum absolute atomic E-state index is 12.0. The minimum Gasteiger partial charge on any atom is -0.341 e.